The summed E-state index contributed by atoms with van der Waals surface area (Å²) in [6.07, 6.45) is 1.98. The molecule has 0 bridgehead atoms. The van der Waals surface area contributed by atoms with Crippen LogP contribution in [-0.4, -0.2) is 41.1 Å². The number of pyridine rings is 1. The highest BCUT2D eigenvalue weighted by Crippen LogP contribution is 2.36. The van der Waals surface area contributed by atoms with Gasteiger partial charge in [0.25, 0.3) is 0 Å². The molecule has 1 aliphatic heterocycles. The average Bonchev–Trinajstić information content (AvgIpc) is 3.41. The zero-order chi connectivity index (χ0) is 19.8. The zero-order valence-corrected chi connectivity index (χ0v) is 17.7. The number of aromatic nitrogens is 3. The van der Waals surface area contributed by atoms with Gasteiger partial charge in [-0.3, -0.25) is 0 Å². The lowest BCUT2D eigenvalue weighted by atomic mass is 10.1. The van der Waals surface area contributed by atoms with Gasteiger partial charge < -0.3 is 9.64 Å². The van der Waals surface area contributed by atoms with E-state index < -0.39 is 0 Å². The van der Waals surface area contributed by atoms with E-state index in [1.165, 1.54) is 16.0 Å². The smallest absolute Gasteiger partial charge is 0.156 e. The number of thiophene rings is 1. The summed E-state index contributed by atoms with van der Waals surface area (Å²) in [5.41, 5.74) is 5.42. The number of fused-ring (bicyclic) bond motifs is 1. The summed E-state index contributed by atoms with van der Waals surface area (Å²) in [7, 11) is 0. The van der Waals surface area contributed by atoms with E-state index >= 15 is 0 Å². The minimum Gasteiger partial charge on any atom is -0.378 e. The van der Waals surface area contributed by atoms with Gasteiger partial charge >= 0.3 is 0 Å². The van der Waals surface area contributed by atoms with Crippen molar-refractivity contribution >= 4 is 38.8 Å². The Morgan fingerprint density at radius 3 is 2.79 bits per heavy atom. The Labute approximate surface area is 178 Å². The number of halogens is 1. The molecule has 4 aromatic rings. The molecule has 0 atom stereocenters. The van der Waals surface area contributed by atoms with Gasteiger partial charge in [0.2, 0.25) is 0 Å². The fraction of sp³-hybridized carbons (Fsp3) is 0.273. The van der Waals surface area contributed by atoms with E-state index in [-0.39, 0.29) is 0 Å². The number of morpholine rings is 1. The molecule has 0 N–H and O–H groups in total. The van der Waals surface area contributed by atoms with Gasteiger partial charge in [0.05, 0.1) is 40.7 Å². The monoisotopic (exact) mass is 424 g/mol. The first-order valence-corrected chi connectivity index (χ1v) is 11.0. The zero-order valence-electron chi connectivity index (χ0n) is 16.1. The first kappa shape index (κ1) is 18.6. The second kappa shape index (κ2) is 7.78. The van der Waals surface area contributed by atoms with E-state index in [1.807, 2.05) is 16.9 Å². The Kier molecular flexibility index (Phi) is 4.99. The number of nitrogens with zero attached hydrogens (tertiary/aromatic N) is 4. The predicted octanol–water partition coefficient (Wildman–Crippen LogP) is 5.03. The van der Waals surface area contributed by atoms with E-state index in [1.54, 1.807) is 11.3 Å². The quantitative estimate of drug-likeness (QED) is 0.431. The van der Waals surface area contributed by atoms with Crippen molar-refractivity contribution < 1.29 is 4.74 Å². The summed E-state index contributed by atoms with van der Waals surface area (Å²) in [5.74, 6) is 1.31. The summed E-state index contributed by atoms with van der Waals surface area (Å²) >= 11 is 7.83. The van der Waals surface area contributed by atoms with Crippen LogP contribution in [0.1, 0.15) is 10.4 Å². The Balaban J connectivity index is 1.60. The molecule has 29 heavy (non-hydrogen) atoms. The Morgan fingerprint density at radius 1 is 1.14 bits per heavy atom. The molecule has 0 spiro atoms. The van der Waals surface area contributed by atoms with Crippen molar-refractivity contribution in [1.82, 2.24) is 14.8 Å². The molecule has 0 unspecified atom stereocenters. The molecule has 5 nitrogen and oxygen atoms in total. The van der Waals surface area contributed by atoms with Crippen LogP contribution in [0, 0.1) is 6.92 Å². The number of rotatable bonds is 4. The maximum Gasteiger partial charge on any atom is 0.156 e. The second-order valence-electron chi connectivity index (χ2n) is 7.17. The highest BCUT2D eigenvalue weighted by molar-refractivity contribution is 7.19. The fourth-order valence-corrected chi connectivity index (χ4v) is 4.90. The molecule has 0 saturated carbocycles. The second-order valence-corrected chi connectivity index (χ2v) is 8.58. The fourth-order valence-electron chi connectivity index (χ4n) is 3.67. The molecule has 3 aromatic heterocycles. The van der Waals surface area contributed by atoms with Crippen LogP contribution in [0.2, 0.25) is 0 Å². The lowest BCUT2D eigenvalue weighted by molar-refractivity contribution is 0.123. The highest BCUT2D eigenvalue weighted by atomic mass is 35.5. The molecule has 5 rings (SSSR count). The molecular weight excluding hydrogens is 404 g/mol. The van der Waals surface area contributed by atoms with Crippen molar-refractivity contribution in [2.75, 3.05) is 31.2 Å². The lowest BCUT2D eigenvalue weighted by Crippen LogP contribution is -2.36. The van der Waals surface area contributed by atoms with E-state index in [2.05, 4.69) is 48.2 Å². The van der Waals surface area contributed by atoms with E-state index in [0.29, 0.717) is 5.88 Å². The SMILES string of the molecule is Cc1cccc(-c2ccn(-c3cc(N4CCOCC4)c4sc(CCl)cc4n3)n2)c1. The van der Waals surface area contributed by atoms with Crippen molar-refractivity contribution in [2.24, 2.45) is 0 Å². The molecule has 1 fully saturated rings. The Morgan fingerprint density at radius 2 is 2.00 bits per heavy atom. The van der Waals surface area contributed by atoms with Gasteiger partial charge in [0, 0.05) is 35.8 Å². The molecule has 1 saturated heterocycles. The number of alkyl halides is 1. The van der Waals surface area contributed by atoms with E-state index in [0.717, 1.165) is 53.8 Å². The van der Waals surface area contributed by atoms with Crippen LogP contribution in [0.25, 0.3) is 27.3 Å². The molecular formula is C22H21ClN4OS. The third-order valence-electron chi connectivity index (χ3n) is 5.12. The van der Waals surface area contributed by atoms with Crippen molar-refractivity contribution in [3.8, 4) is 17.1 Å². The van der Waals surface area contributed by atoms with Crippen LogP contribution in [0.5, 0.6) is 0 Å². The summed E-state index contributed by atoms with van der Waals surface area (Å²) in [5, 5.41) is 4.80. The first-order valence-electron chi connectivity index (χ1n) is 9.66. The number of benzene rings is 1. The van der Waals surface area contributed by atoms with Gasteiger partial charge in [-0.2, -0.15) is 5.10 Å². The topological polar surface area (TPSA) is 43.2 Å². The molecule has 0 amide bonds. The Hall–Kier alpha value is -2.41. The molecule has 1 aliphatic rings. The van der Waals surface area contributed by atoms with Gasteiger partial charge in [-0.1, -0.05) is 23.8 Å². The minimum absolute atomic E-state index is 0.498. The average molecular weight is 425 g/mol. The molecule has 4 heterocycles. The van der Waals surface area contributed by atoms with Crippen LogP contribution < -0.4 is 4.90 Å². The van der Waals surface area contributed by atoms with Gasteiger partial charge in [-0.05, 0) is 25.1 Å². The lowest BCUT2D eigenvalue weighted by Gasteiger charge is -2.29. The van der Waals surface area contributed by atoms with Crippen LogP contribution in [0.15, 0.2) is 48.7 Å². The van der Waals surface area contributed by atoms with Gasteiger partial charge in [0.1, 0.15) is 0 Å². The standard InChI is InChI=1S/C22H21ClN4OS/c1-15-3-2-4-16(11-15)18-5-6-27(25-18)21-13-20(26-7-9-28-10-8-26)22-19(24-21)12-17(14-23)29-22/h2-6,11-13H,7-10,14H2,1H3. The van der Waals surface area contributed by atoms with Crippen LogP contribution in [-0.2, 0) is 10.6 Å². The van der Waals surface area contributed by atoms with Crippen molar-refractivity contribution in [2.45, 2.75) is 12.8 Å². The largest absolute Gasteiger partial charge is 0.378 e. The summed E-state index contributed by atoms with van der Waals surface area (Å²) in [6.45, 7) is 5.33. The Bertz CT molecular complexity index is 1160. The van der Waals surface area contributed by atoms with Gasteiger partial charge in [0.15, 0.2) is 5.82 Å². The number of hydrogen-bond donors (Lipinski definition) is 0. The third kappa shape index (κ3) is 3.64. The van der Waals surface area contributed by atoms with Gasteiger partial charge in [-0.15, -0.1) is 22.9 Å². The molecule has 7 heteroatoms. The van der Waals surface area contributed by atoms with Crippen LogP contribution in [0.4, 0.5) is 5.69 Å². The molecule has 0 radical (unpaired) electrons. The number of ether oxygens (including phenoxy) is 1. The van der Waals surface area contributed by atoms with E-state index in [4.69, 9.17) is 26.4 Å². The van der Waals surface area contributed by atoms with Crippen molar-refractivity contribution in [3.63, 3.8) is 0 Å². The number of aryl methyl sites for hydroxylation is 1. The van der Waals surface area contributed by atoms with Crippen LogP contribution in [0.3, 0.4) is 0 Å². The predicted molar refractivity (Wildman–Crippen MR) is 120 cm³/mol. The van der Waals surface area contributed by atoms with Gasteiger partial charge in [-0.25, -0.2) is 9.67 Å². The minimum atomic E-state index is 0.498. The maximum absolute atomic E-state index is 6.11. The summed E-state index contributed by atoms with van der Waals surface area (Å²) in [4.78, 5) is 8.39. The van der Waals surface area contributed by atoms with Crippen LogP contribution >= 0.6 is 22.9 Å². The summed E-state index contributed by atoms with van der Waals surface area (Å²) < 4.78 is 8.58. The number of anilines is 1. The first-order chi connectivity index (χ1) is 14.2. The van der Waals surface area contributed by atoms with E-state index in [9.17, 15) is 0 Å². The third-order valence-corrected chi connectivity index (χ3v) is 6.71. The normalized spacial score (nSPS) is 14.6. The molecule has 0 aliphatic carbocycles. The molecule has 148 valence electrons. The molecule has 1 aromatic carbocycles. The maximum atomic E-state index is 6.11. The number of hydrogen-bond acceptors (Lipinski definition) is 5. The summed E-state index contributed by atoms with van der Waals surface area (Å²) in [6, 6.07) is 14.6. The van der Waals surface area contributed by atoms with Crippen molar-refractivity contribution in [3.05, 3.63) is 59.1 Å². The van der Waals surface area contributed by atoms with Crippen molar-refractivity contribution in [1.29, 1.82) is 0 Å². The highest BCUT2D eigenvalue weighted by Gasteiger charge is 2.19.